The van der Waals surface area contributed by atoms with E-state index in [0.717, 1.165) is 22.0 Å². The molecule has 0 aliphatic carbocycles. The highest BCUT2D eigenvalue weighted by molar-refractivity contribution is 7.13. The van der Waals surface area contributed by atoms with Crippen LogP contribution in [0.4, 0.5) is 18.9 Å². The molecule has 0 atom stereocenters. The van der Waals surface area contributed by atoms with Crippen LogP contribution in [-0.4, -0.2) is 53.0 Å². The van der Waals surface area contributed by atoms with E-state index in [2.05, 4.69) is 4.98 Å². The summed E-state index contributed by atoms with van der Waals surface area (Å²) in [5, 5.41) is 0.785. The van der Waals surface area contributed by atoms with E-state index in [0.29, 0.717) is 10.6 Å². The molecule has 1 spiro atoms. The monoisotopic (exact) mass is 439 g/mol. The SMILES string of the molecule is Cc1nc(C)c(C(=O)N2CCC3(CC2)CN(c2ccc(F)cc2)C(=O)C(F)(F)O3)s1. The summed E-state index contributed by atoms with van der Waals surface area (Å²) in [4.78, 5) is 32.4. The van der Waals surface area contributed by atoms with Gasteiger partial charge in [-0.15, -0.1) is 11.3 Å². The van der Waals surface area contributed by atoms with Gasteiger partial charge >= 0.3 is 12.0 Å². The van der Waals surface area contributed by atoms with Gasteiger partial charge in [-0.05, 0) is 51.0 Å². The van der Waals surface area contributed by atoms with E-state index in [-0.39, 0.29) is 44.1 Å². The number of halogens is 3. The molecule has 0 saturated carbocycles. The molecular weight excluding hydrogens is 419 g/mol. The first-order valence-corrected chi connectivity index (χ1v) is 10.3. The molecule has 2 amide bonds. The molecule has 2 aliphatic rings. The maximum atomic E-state index is 14.4. The van der Waals surface area contributed by atoms with Gasteiger partial charge in [0.15, 0.2) is 0 Å². The van der Waals surface area contributed by atoms with Crippen molar-refractivity contribution in [1.29, 1.82) is 0 Å². The lowest BCUT2D eigenvalue weighted by Gasteiger charge is -2.48. The first-order valence-electron chi connectivity index (χ1n) is 9.49. The van der Waals surface area contributed by atoms with E-state index in [1.165, 1.54) is 23.5 Å². The van der Waals surface area contributed by atoms with Gasteiger partial charge in [0.05, 0.1) is 22.8 Å². The lowest BCUT2D eigenvalue weighted by molar-refractivity contribution is -0.292. The van der Waals surface area contributed by atoms with Crippen LogP contribution < -0.4 is 4.90 Å². The maximum Gasteiger partial charge on any atom is 0.437 e. The first-order chi connectivity index (χ1) is 14.1. The lowest BCUT2D eigenvalue weighted by Crippen LogP contribution is -2.65. The van der Waals surface area contributed by atoms with Crippen molar-refractivity contribution >= 4 is 28.8 Å². The van der Waals surface area contributed by atoms with E-state index in [9.17, 15) is 22.8 Å². The van der Waals surface area contributed by atoms with Crippen molar-refractivity contribution in [3.05, 3.63) is 45.7 Å². The number of aryl methyl sites for hydroxylation is 2. The molecule has 2 aliphatic heterocycles. The minimum atomic E-state index is -4.00. The number of hydrogen-bond acceptors (Lipinski definition) is 5. The number of benzene rings is 1. The van der Waals surface area contributed by atoms with Crippen LogP contribution in [0.3, 0.4) is 0 Å². The molecule has 3 heterocycles. The second kappa shape index (κ2) is 7.35. The zero-order valence-corrected chi connectivity index (χ0v) is 17.3. The number of carbonyl (C=O) groups excluding carboxylic acids is 2. The van der Waals surface area contributed by atoms with Crippen LogP contribution in [0.25, 0.3) is 0 Å². The second-order valence-corrected chi connectivity index (χ2v) is 8.81. The number of nitrogens with zero attached hydrogens (tertiary/aromatic N) is 3. The van der Waals surface area contributed by atoms with E-state index in [4.69, 9.17) is 4.74 Å². The summed E-state index contributed by atoms with van der Waals surface area (Å²) in [5.41, 5.74) is -0.462. The van der Waals surface area contributed by atoms with Gasteiger partial charge in [0.25, 0.3) is 5.91 Å². The Balaban J connectivity index is 1.53. The first kappa shape index (κ1) is 20.8. The molecule has 0 unspecified atom stereocenters. The number of thiazole rings is 1. The van der Waals surface area contributed by atoms with Gasteiger partial charge < -0.3 is 14.5 Å². The zero-order valence-electron chi connectivity index (χ0n) is 16.5. The molecule has 0 radical (unpaired) electrons. The van der Waals surface area contributed by atoms with Crippen molar-refractivity contribution < 1.29 is 27.5 Å². The normalized spacial score (nSPS) is 20.6. The second-order valence-electron chi connectivity index (χ2n) is 7.61. The third-order valence-electron chi connectivity index (χ3n) is 5.48. The Morgan fingerprint density at radius 2 is 1.80 bits per heavy atom. The number of likely N-dealkylation sites (tertiary alicyclic amines) is 1. The molecule has 1 aromatic carbocycles. The van der Waals surface area contributed by atoms with Crippen molar-refractivity contribution in [2.24, 2.45) is 0 Å². The van der Waals surface area contributed by atoms with Crippen LogP contribution >= 0.6 is 11.3 Å². The Bertz CT molecular complexity index is 985. The lowest BCUT2D eigenvalue weighted by atomic mass is 9.88. The number of piperidine rings is 1. The number of aromatic nitrogens is 1. The average molecular weight is 439 g/mol. The van der Waals surface area contributed by atoms with E-state index in [1.54, 1.807) is 11.8 Å². The van der Waals surface area contributed by atoms with Crippen LogP contribution in [0.1, 0.15) is 33.2 Å². The molecule has 2 aromatic rings. The molecule has 2 saturated heterocycles. The number of ether oxygens (including phenoxy) is 1. The van der Waals surface area contributed by atoms with Crippen LogP contribution in [0.2, 0.25) is 0 Å². The van der Waals surface area contributed by atoms with Crippen molar-refractivity contribution in [2.75, 3.05) is 24.5 Å². The van der Waals surface area contributed by atoms with Crippen LogP contribution in [0, 0.1) is 19.7 Å². The fourth-order valence-electron chi connectivity index (χ4n) is 3.95. The van der Waals surface area contributed by atoms with Gasteiger partial charge in [-0.25, -0.2) is 9.37 Å². The Hall–Kier alpha value is -2.46. The van der Waals surface area contributed by atoms with Gasteiger partial charge in [0.2, 0.25) is 0 Å². The number of rotatable bonds is 2. The number of alkyl halides is 2. The number of amides is 2. The van der Waals surface area contributed by atoms with Gasteiger partial charge in [-0.2, -0.15) is 8.78 Å². The number of anilines is 1. The quantitative estimate of drug-likeness (QED) is 0.718. The topological polar surface area (TPSA) is 62.7 Å². The van der Waals surface area contributed by atoms with Crippen molar-refractivity contribution in [3.63, 3.8) is 0 Å². The fourth-order valence-corrected chi connectivity index (χ4v) is 4.83. The molecule has 4 rings (SSSR count). The summed E-state index contributed by atoms with van der Waals surface area (Å²) >= 11 is 1.30. The molecule has 160 valence electrons. The largest absolute Gasteiger partial charge is 0.437 e. The number of hydrogen-bond donors (Lipinski definition) is 0. The predicted octanol–water partition coefficient (Wildman–Crippen LogP) is 3.53. The molecule has 2 fully saturated rings. The summed E-state index contributed by atoms with van der Waals surface area (Å²) in [5.74, 6) is -2.18. The number of carbonyl (C=O) groups is 2. The number of morpholine rings is 1. The van der Waals surface area contributed by atoms with E-state index in [1.807, 2.05) is 6.92 Å². The molecule has 10 heteroatoms. The summed E-state index contributed by atoms with van der Waals surface area (Å²) in [7, 11) is 0. The third-order valence-corrected chi connectivity index (χ3v) is 6.54. The molecule has 6 nitrogen and oxygen atoms in total. The Morgan fingerprint density at radius 1 is 1.17 bits per heavy atom. The molecule has 1 aromatic heterocycles. The average Bonchev–Trinajstić information content (AvgIpc) is 3.03. The van der Waals surface area contributed by atoms with Crippen LogP contribution in [-0.2, 0) is 9.53 Å². The highest BCUT2D eigenvalue weighted by Gasteiger charge is 2.57. The van der Waals surface area contributed by atoms with Crippen LogP contribution in [0.5, 0.6) is 0 Å². The highest BCUT2D eigenvalue weighted by Crippen LogP contribution is 2.41. The summed E-state index contributed by atoms with van der Waals surface area (Å²) in [6.45, 7) is 3.93. The standard InChI is InChI=1S/C20H20F3N3O3S/c1-12-16(30-13(2)24-12)17(27)25-9-7-19(8-10-25)11-26(18(28)20(22,23)29-19)15-5-3-14(21)4-6-15/h3-6H,7-11H2,1-2H3. The molecular formula is C20H20F3N3O3S. The summed E-state index contributed by atoms with van der Waals surface area (Å²) in [6.07, 6.45) is -3.70. The minimum absolute atomic E-state index is 0.0895. The Morgan fingerprint density at radius 3 is 2.37 bits per heavy atom. The van der Waals surface area contributed by atoms with Gasteiger partial charge in [0.1, 0.15) is 10.7 Å². The van der Waals surface area contributed by atoms with Crippen molar-refractivity contribution in [1.82, 2.24) is 9.88 Å². The maximum absolute atomic E-state index is 14.4. The summed E-state index contributed by atoms with van der Waals surface area (Å²) in [6, 6.07) is 4.80. The van der Waals surface area contributed by atoms with E-state index < -0.39 is 23.4 Å². The van der Waals surface area contributed by atoms with Crippen molar-refractivity contribution in [3.8, 4) is 0 Å². The smallest absolute Gasteiger partial charge is 0.338 e. The third kappa shape index (κ3) is 3.69. The molecule has 0 N–H and O–H groups in total. The van der Waals surface area contributed by atoms with Crippen LogP contribution in [0.15, 0.2) is 24.3 Å². The molecule has 30 heavy (non-hydrogen) atoms. The van der Waals surface area contributed by atoms with Gasteiger partial charge in [0, 0.05) is 18.8 Å². The van der Waals surface area contributed by atoms with Crippen molar-refractivity contribution in [2.45, 2.75) is 38.4 Å². The molecule has 0 bridgehead atoms. The fraction of sp³-hybridized carbons (Fsp3) is 0.450. The predicted molar refractivity (Wildman–Crippen MR) is 104 cm³/mol. The van der Waals surface area contributed by atoms with Gasteiger partial charge in [-0.1, -0.05) is 0 Å². The Labute approximate surface area is 175 Å². The van der Waals surface area contributed by atoms with Gasteiger partial charge in [-0.3, -0.25) is 9.59 Å². The Kier molecular flexibility index (Phi) is 5.09. The van der Waals surface area contributed by atoms with E-state index >= 15 is 0 Å². The minimum Gasteiger partial charge on any atom is -0.338 e. The zero-order chi connectivity index (χ0) is 21.7. The summed E-state index contributed by atoms with van der Waals surface area (Å²) < 4.78 is 47.1. The highest BCUT2D eigenvalue weighted by atomic mass is 32.1.